The van der Waals surface area contributed by atoms with Crippen molar-refractivity contribution in [3.05, 3.63) is 35.3 Å². The molecule has 1 aromatic heterocycles. The lowest BCUT2D eigenvalue weighted by Crippen LogP contribution is -2.42. The van der Waals surface area contributed by atoms with Crippen molar-refractivity contribution >= 4 is 23.2 Å². The van der Waals surface area contributed by atoms with Crippen LogP contribution < -0.4 is 10.1 Å². The normalized spacial score (nSPS) is 15.0. The molecule has 1 atom stereocenters. The van der Waals surface area contributed by atoms with E-state index < -0.39 is 17.9 Å². The number of hydrogen-bond donors (Lipinski definition) is 2. The summed E-state index contributed by atoms with van der Waals surface area (Å²) in [6.07, 6.45) is 1.78. The second-order valence-corrected chi connectivity index (χ2v) is 7.21. The summed E-state index contributed by atoms with van der Waals surface area (Å²) in [7, 11) is 0. The Bertz CT molecular complexity index is 766. The van der Waals surface area contributed by atoms with E-state index in [-0.39, 0.29) is 17.7 Å². The van der Waals surface area contributed by atoms with Gasteiger partial charge in [-0.3, -0.25) is 4.79 Å². The number of ether oxygens (including phenoxy) is 1. The molecule has 1 heterocycles. The van der Waals surface area contributed by atoms with Gasteiger partial charge >= 0.3 is 5.97 Å². The monoisotopic (exact) mass is 360 g/mol. The molecular weight excluding hydrogens is 340 g/mol. The van der Waals surface area contributed by atoms with Crippen molar-refractivity contribution in [2.24, 2.45) is 5.92 Å². The Hall–Kier alpha value is -2.41. The van der Waals surface area contributed by atoms with Crippen LogP contribution in [0.3, 0.4) is 0 Å². The van der Waals surface area contributed by atoms with Crippen LogP contribution in [0.1, 0.15) is 37.2 Å². The number of hydrogen-bond acceptors (Lipinski definition) is 5. The maximum atomic E-state index is 12.3. The highest BCUT2D eigenvalue weighted by Gasteiger charge is 2.37. The molecule has 7 heteroatoms. The Morgan fingerprint density at radius 1 is 1.28 bits per heavy atom. The van der Waals surface area contributed by atoms with E-state index in [1.165, 1.54) is 11.3 Å². The van der Waals surface area contributed by atoms with E-state index in [9.17, 15) is 14.7 Å². The van der Waals surface area contributed by atoms with E-state index in [1.807, 2.05) is 38.1 Å². The Labute approximate surface area is 149 Å². The summed E-state index contributed by atoms with van der Waals surface area (Å²) in [5, 5.41) is 14.1. The van der Waals surface area contributed by atoms with Gasteiger partial charge < -0.3 is 15.2 Å². The molecule has 0 bridgehead atoms. The average molecular weight is 360 g/mol. The van der Waals surface area contributed by atoms with Crippen LogP contribution in [0.25, 0.3) is 10.6 Å². The quantitative estimate of drug-likeness (QED) is 0.792. The van der Waals surface area contributed by atoms with E-state index in [0.717, 1.165) is 24.2 Å². The maximum absolute atomic E-state index is 12.3. The number of carbonyl (C=O) groups is 2. The number of aliphatic carboxylic acids is 1. The molecule has 1 aliphatic carbocycles. The minimum absolute atomic E-state index is 0.0352. The molecule has 2 N–H and O–H groups in total. The Balaban J connectivity index is 1.69. The number of nitrogens with zero attached hydrogens (tertiary/aromatic N) is 1. The number of amides is 1. The number of carboxylic acid groups (broad SMARTS) is 1. The summed E-state index contributed by atoms with van der Waals surface area (Å²) in [6.45, 7) is 3.93. The number of nitrogens with one attached hydrogen (secondary N) is 1. The highest BCUT2D eigenvalue weighted by molar-refractivity contribution is 7.13. The zero-order chi connectivity index (χ0) is 18.0. The molecule has 0 spiro atoms. The van der Waals surface area contributed by atoms with E-state index in [2.05, 4.69) is 10.3 Å². The largest absolute Gasteiger partial charge is 0.491 e. The topological polar surface area (TPSA) is 88.5 Å². The number of thiazole rings is 1. The summed E-state index contributed by atoms with van der Waals surface area (Å²) in [6, 6.07) is 6.68. The summed E-state index contributed by atoms with van der Waals surface area (Å²) in [5.41, 5.74) is 1.13. The molecule has 1 fully saturated rings. The van der Waals surface area contributed by atoms with Crippen LogP contribution in [0, 0.1) is 5.92 Å². The maximum Gasteiger partial charge on any atom is 0.326 e. The fourth-order valence-corrected chi connectivity index (χ4v) is 3.29. The molecule has 1 aliphatic rings. The molecule has 2 aromatic rings. The zero-order valence-electron chi connectivity index (χ0n) is 14.1. The van der Waals surface area contributed by atoms with Crippen molar-refractivity contribution in [2.75, 3.05) is 0 Å². The standard InChI is InChI=1S/C18H20N2O4S/c1-10(2)24-13-7-5-12(6-8-13)17-19-14(9-25-17)16(21)20-15(18(22)23)11-3-4-11/h5-11,15H,3-4H2,1-2H3,(H,20,21)(H,22,23). The lowest BCUT2D eigenvalue weighted by molar-refractivity contribution is -0.139. The first-order valence-electron chi connectivity index (χ1n) is 8.20. The Morgan fingerprint density at radius 3 is 2.52 bits per heavy atom. The van der Waals surface area contributed by atoms with Crippen LogP contribution >= 0.6 is 11.3 Å². The van der Waals surface area contributed by atoms with E-state index in [1.54, 1.807) is 5.38 Å². The van der Waals surface area contributed by atoms with E-state index in [4.69, 9.17) is 4.74 Å². The highest BCUT2D eigenvalue weighted by Crippen LogP contribution is 2.33. The Morgan fingerprint density at radius 2 is 1.96 bits per heavy atom. The van der Waals surface area contributed by atoms with Gasteiger partial charge in [0.15, 0.2) is 0 Å². The van der Waals surface area contributed by atoms with Gasteiger partial charge in [0.05, 0.1) is 6.10 Å². The highest BCUT2D eigenvalue weighted by atomic mass is 32.1. The van der Waals surface area contributed by atoms with Gasteiger partial charge in [0.25, 0.3) is 5.91 Å². The molecule has 132 valence electrons. The third kappa shape index (κ3) is 4.36. The summed E-state index contributed by atoms with van der Waals surface area (Å²) >= 11 is 1.35. The summed E-state index contributed by atoms with van der Waals surface area (Å²) < 4.78 is 5.61. The van der Waals surface area contributed by atoms with Crippen molar-refractivity contribution in [1.29, 1.82) is 0 Å². The van der Waals surface area contributed by atoms with Gasteiger partial charge in [0.2, 0.25) is 0 Å². The molecular formula is C18H20N2O4S. The molecule has 0 saturated heterocycles. The third-order valence-corrected chi connectivity index (χ3v) is 4.75. The molecule has 1 unspecified atom stereocenters. The zero-order valence-corrected chi connectivity index (χ0v) is 14.9. The summed E-state index contributed by atoms with van der Waals surface area (Å²) in [4.78, 5) is 27.8. The van der Waals surface area contributed by atoms with E-state index >= 15 is 0 Å². The predicted octanol–water partition coefficient (Wildman–Crippen LogP) is 3.19. The fourth-order valence-electron chi connectivity index (χ4n) is 2.48. The van der Waals surface area contributed by atoms with Gasteiger partial charge in [0.1, 0.15) is 22.5 Å². The number of carbonyl (C=O) groups excluding carboxylic acids is 1. The minimum Gasteiger partial charge on any atom is -0.491 e. The van der Waals surface area contributed by atoms with Crippen LogP contribution in [0.2, 0.25) is 0 Å². The SMILES string of the molecule is CC(C)Oc1ccc(-c2nc(C(=O)NC(C(=O)O)C3CC3)cs2)cc1. The molecule has 3 rings (SSSR count). The van der Waals surface area contributed by atoms with Gasteiger partial charge in [-0.1, -0.05) is 0 Å². The van der Waals surface area contributed by atoms with Crippen molar-refractivity contribution in [3.63, 3.8) is 0 Å². The first-order chi connectivity index (χ1) is 11.9. The molecule has 25 heavy (non-hydrogen) atoms. The fraction of sp³-hybridized carbons (Fsp3) is 0.389. The van der Waals surface area contributed by atoms with Gasteiger partial charge in [-0.05, 0) is 56.9 Å². The smallest absolute Gasteiger partial charge is 0.326 e. The minimum atomic E-state index is -0.993. The molecule has 6 nitrogen and oxygen atoms in total. The van der Waals surface area contributed by atoms with Crippen molar-refractivity contribution in [3.8, 4) is 16.3 Å². The van der Waals surface area contributed by atoms with Crippen LogP contribution in [-0.2, 0) is 4.79 Å². The number of aromatic nitrogens is 1. The average Bonchev–Trinajstić information content (AvgIpc) is 3.28. The van der Waals surface area contributed by atoms with Gasteiger partial charge in [-0.25, -0.2) is 9.78 Å². The van der Waals surface area contributed by atoms with Gasteiger partial charge in [-0.2, -0.15) is 0 Å². The van der Waals surface area contributed by atoms with Crippen LogP contribution in [0.4, 0.5) is 0 Å². The lowest BCUT2D eigenvalue weighted by Gasteiger charge is -2.12. The van der Waals surface area contributed by atoms with Crippen molar-refractivity contribution in [1.82, 2.24) is 10.3 Å². The molecule has 0 radical (unpaired) electrons. The first kappa shape index (κ1) is 17.4. The van der Waals surface area contributed by atoms with Gasteiger partial charge in [-0.15, -0.1) is 11.3 Å². The number of benzene rings is 1. The number of rotatable bonds is 7. The Kier molecular flexibility index (Phi) is 5.03. The summed E-state index contributed by atoms with van der Waals surface area (Å²) in [5.74, 6) is -0.622. The molecule has 1 aromatic carbocycles. The van der Waals surface area contributed by atoms with Crippen LogP contribution in [-0.4, -0.2) is 34.1 Å². The molecule has 0 aliphatic heterocycles. The third-order valence-electron chi connectivity index (χ3n) is 3.86. The molecule has 1 amide bonds. The number of carboxylic acids is 1. The second-order valence-electron chi connectivity index (χ2n) is 6.36. The van der Waals surface area contributed by atoms with Crippen molar-refractivity contribution < 1.29 is 19.4 Å². The predicted molar refractivity (Wildman–Crippen MR) is 94.9 cm³/mol. The van der Waals surface area contributed by atoms with Crippen LogP contribution in [0.15, 0.2) is 29.6 Å². The van der Waals surface area contributed by atoms with Crippen molar-refractivity contribution in [2.45, 2.75) is 38.8 Å². The second kappa shape index (κ2) is 7.23. The van der Waals surface area contributed by atoms with Crippen LogP contribution in [0.5, 0.6) is 5.75 Å². The molecule has 1 saturated carbocycles. The first-order valence-corrected chi connectivity index (χ1v) is 9.08. The van der Waals surface area contributed by atoms with Gasteiger partial charge in [0, 0.05) is 10.9 Å². The lowest BCUT2D eigenvalue weighted by atomic mass is 10.2. The van der Waals surface area contributed by atoms with E-state index in [0.29, 0.717) is 5.01 Å².